The van der Waals surface area contributed by atoms with Gasteiger partial charge in [0, 0.05) is 44.7 Å². The van der Waals surface area contributed by atoms with Crippen LogP contribution < -0.4 is 14.9 Å². The lowest BCUT2D eigenvalue weighted by Gasteiger charge is -2.33. The summed E-state index contributed by atoms with van der Waals surface area (Å²) < 4.78 is 60.6. The van der Waals surface area contributed by atoms with E-state index < -0.39 is 22.2 Å². The number of carbonyl (C=O) groups excluding carboxylic acids is 2. The molecule has 44 heavy (non-hydrogen) atoms. The molecule has 1 atom stereocenters. The van der Waals surface area contributed by atoms with E-state index >= 15 is 0 Å². The predicted octanol–water partition coefficient (Wildman–Crippen LogP) is 4.08. The Morgan fingerprint density at radius 2 is 1.73 bits per heavy atom. The molecule has 2 aromatic rings. The minimum absolute atomic E-state index is 0.0530. The van der Waals surface area contributed by atoms with E-state index in [9.17, 15) is 31.2 Å². The molecule has 2 aliphatic rings. The maximum Gasteiger partial charge on any atom is 0.490 e. The molecule has 3 N–H and O–H groups in total. The smallest absolute Gasteiger partial charge is 0.475 e. The first-order valence-electron chi connectivity index (χ1n) is 13.9. The fourth-order valence-electron chi connectivity index (χ4n) is 4.71. The van der Waals surface area contributed by atoms with E-state index in [0.717, 1.165) is 25.8 Å². The molecule has 10 nitrogen and oxygen atoms in total. The highest BCUT2D eigenvalue weighted by molar-refractivity contribution is 7.93. The Kier molecular flexibility index (Phi) is 12.6. The number of hydrogen-bond acceptors (Lipinski definition) is 6. The van der Waals surface area contributed by atoms with Gasteiger partial charge in [-0.25, -0.2) is 13.2 Å². The number of para-hydroxylation sites is 1. The van der Waals surface area contributed by atoms with Crippen LogP contribution in [0.3, 0.4) is 0 Å². The molecule has 1 fully saturated rings. The molecule has 2 heterocycles. The fourth-order valence-corrected chi connectivity index (χ4v) is 6.63. The summed E-state index contributed by atoms with van der Waals surface area (Å²) in [5, 5.41) is 13.3. The van der Waals surface area contributed by atoms with Gasteiger partial charge in [0.15, 0.2) is 0 Å². The number of anilines is 1. The van der Waals surface area contributed by atoms with Crippen molar-refractivity contribution in [1.82, 2.24) is 15.5 Å². The largest absolute Gasteiger partial charge is 0.490 e. The van der Waals surface area contributed by atoms with E-state index in [1.165, 1.54) is 22.5 Å². The number of carboxylic acids is 1. The van der Waals surface area contributed by atoms with Crippen LogP contribution in [0.15, 0.2) is 65.6 Å². The van der Waals surface area contributed by atoms with Gasteiger partial charge in [0.25, 0.3) is 15.9 Å². The highest BCUT2D eigenvalue weighted by Gasteiger charge is 2.38. The third-order valence-corrected chi connectivity index (χ3v) is 9.25. The predicted molar refractivity (Wildman–Crippen MR) is 159 cm³/mol. The number of halogens is 4. The number of hydrogen-bond donors (Lipinski definition) is 3. The lowest BCUT2D eigenvalue weighted by atomic mass is 9.94. The highest BCUT2D eigenvalue weighted by atomic mass is 35.5. The molecular formula is C29H34ClF3N4O6S. The molecule has 0 radical (unpaired) electrons. The van der Waals surface area contributed by atoms with Gasteiger partial charge in [-0.3, -0.25) is 13.9 Å². The lowest BCUT2D eigenvalue weighted by molar-refractivity contribution is -0.192. The summed E-state index contributed by atoms with van der Waals surface area (Å²) in [7, 11) is -4.08. The molecule has 2 amide bonds. The van der Waals surface area contributed by atoms with Crippen molar-refractivity contribution in [3.8, 4) is 0 Å². The topological polar surface area (TPSA) is 136 Å². The van der Waals surface area contributed by atoms with Crippen molar-refractivity contribution in [2.24, 2.45) is 5.92 Å². The summed E-state index contributed by atoms with van der Waals surface area (Å²) >= 11 is 6.36. The monoisotopic (exact) mass is 658 g/mol. The molecule has 0 saturated carbocycles. The van der Waals surface area contributed by atoms with E-state index in [4.69, 9.17) is 21.5 Å². The van der Waals surface area contributed by atoms with E-state index in [-0.39, 0.29) is 33.8 Å². The van der Waals surface area contributed by atoms with Crippen molar-refractivity contribution in [3.05, 3.63) is 71.3 Å². The van der Waals surface area contributed by atoms with Crippen LogP contribution >= 0.6 is 11.6 Å². The Hall–Kier alpha value is -3.62. The van der Waals surface area contributed by atoms with Crippen LogP contribution in [0.5, 0.6) is 0 Å². The second-order valence-electron chi connectivity index (χ2n) is 10.1. The number of piperidine rings is 1. The van der Waals surface area contributed by atoms with Crippen LogP contribution in [-0.2, 0) is 19.6 Å². The van der Waals surface area contributed by atoms with Crippen LogP contribution in [0.4, 0.5) is 18.9 Å². The second kappa shape index (κ2) is 15.9. The number of alkyl halides is 3. The molecule has 2 aliphatic heterocycles. The van der Waals surface area contributed by atoms with Gasteiger partial charge in [0.1, 0.15) is 4.90 Å². The summed E-state index contributed by atoms with van der Waals surface area (Å²) in [6.07, 6.45) is 1.65. The fraction of sp³-hybridized carbons (Fsp3) is 0.414. The zero-order valence-electron chi connectivity index (χ0n) is 23.7. The van der Waals surface area contributed by atoms with Crippen molar-refractivity contribution in [1.29, 1.82) is 0 Å². The number of carboxylic acid groups (broad SMARTS) is 1. The van der Waals surface area contributed by atoms with Crippen LogP contribution in [0.25, 0.3) is 0 Å². The van der Waals surface area contributed by atoms with Gasteiger partial charge >= 0.3 is 12.1 Å². The molecular weight excluding hydrogens is 625 g/mol. The van der Waals surface area contributed by atoms with Gasteiger partial charge in [-0.1, -0.05) is 42.0 Å². The zero-order valence-corrected chi connectivity index (χ0v) is 25.3. The number of sulfonamides is 1. The van der Waals surface area contributed by atoms with Crippen LogP contribution in [0.1, 0.15) is 36.0 Å². The first-order valence-corrected chi connectivity index (χ1v) is 15.7. The number of aliphatic carboxylic acids is 1. The molecule has 15 heteroatoms. The molecule has 0 spiro atoms. The number of rotatable bonds is 1. The van der Waals surface area contributed by atoms with Crippen LogP contribution in [0, 0.1) is 5.92 Å². The number of nitrogens with zero attached hydrogens (tertiary/aromatic N) is 2. The quantitative estimate of drug-likeness (QED) is 0.393. The lowest BCUT2D eigenvalue weighted by Crippen LogP contribution is -2.41. The molecule has 2 aromatic carbocycles. The van der Waals surface area contributed by atoms with Crippen LogP contribution in [-0.4, -0.2) is 81.7 Å². The summed E-state index contributed by atoms with van der Waals surface area (Å²) in [4.78, 5) is 36.3. The summed E-state index contributed by atoms with van der Waals surface area (Å²) in [6.45, 7) is 3.05. The van der Waals surface area contributed by atoms with Crippen molar-refractivity contribution >= 4 is 45.1 Å². The standard InChI is InChI=1S/C27H33ClN4O4S.C2HF3O2/c28-24-11-10-22-19-25(24)37(35,36)32(23-8-2-1-3-9-23)18-5-4-14-29-15-13-26(33)31-17-6-7-21(20-31)12-16-30-27(22)34;3-2(4,5)1(6)7/h1-5,8-11,19,21,29H,6-7,12-18,20H2,(H,30,34);(H,6,7)/b5-4+;. The number of amides is 2. The number of carbonyl (C=O) groups is 3. The number of nitrogens with one attached hydrogen (secondary N) is 2. The van der Waals surface area contributed by atoms with Gasteiger partial charge in [0.05, 0.1) is 17.3 Å². The minimum atomic E-state index is -5.08. The number of benzene rings is 2. The van der Waals surface area contributed by atoms with E-state index in [2.05, 4.69) is 10.6 Å². The van der Waals surface area contributed by atoms with Crippen molar-refractivity contribution in [2.45, 2.75) is 36.8 Å². The third kappa shape index (κ3) is 9.96. The second-order valence-corrected chi connectivity index (χ2v) is 12.4. The van der Waals surface area contributed by atoms with E-state index in [1.54, 1.807) is 30.3 Å². The van der Waals surface area contributed by atoms with Gasteiger partial charge < -0.3 is 20.6 Å². The first kappa shape index (κ1) is 34.9. The van der Waals surface area contributed by atoms with Crippen molar-refractivity contribution in [3.63, 3.8) is 0 Å². The Balaban J connectivity index is 0.000000676. The van der Waals surface area contributed by atoms with Crippen molar-refractivity contribution in [2.75, 3.05) is 43.6 Å². The average Bonchev–Trinajstić information content (AvgIpc) is 2.98. The minimum Gasteiger partial charge on any atom is -0.475 e. The van der Waals surface area contributed by atoms with Gasteiger partial charge in [-0.2, -0.15) is 13.2 Å². The van der Waals surface area contributed by atoms with E-state index in [0.29, 0.717) is 44.2 Å². The van der Waals surface area contributed by atoms with Crippen molar-refractivity contribution < 1.29 is 41.1 Å². The number of fused-ring (bicyclic) bond motifs is 4. The Bertz CT molecular complexity index is 1440. The zero-order chi connectivity index (χ0) is 32.3. The molecule has 0 aromatic heterocycles. The molecule has 4 bridgehead atoms. The molecule has 240 valence electrons. The van der Waals surface area contributed by atoms with Crippen LogP contribution in [0.2, 0.25) is 5.02 Å². The highest BCUT2D eigenvalue weighted by Crippen LogP contribution is 2.29. The summed E-state index contributed by atoms with van der Waals surface area (Å²) in [5.41, 5.74) is 0.713. The Morgan fingerprint density at radius 1 is 1.02 bits per heavy atom. The maximum atomic E-state index is 13.8. The maximum absolute atomic E-state index is 13.8. The molecule has 1 unspecified atom stereocenters. The normalized spacial score (nSPS) is 20.9. The van der Waals surface area contributed by atoms with Gasteiger partial charge in [-0.15, -0.1) is 0 Å². The van der Waals surface area contributed by atoms with E-state index in [1.807, 2.05) is 17.0 Å². The summed E-state index contributed by atoms with van der Waals surface area (Å²) in [6, 6.07) is 13.1. The Labute approximate surface area is 258 Å². The Morgan fingerprint density at radius 3 is 2.41 bits per heavy atom. The SMILES string of the molecule is O=C(O)C(F)(F)F.O=C1NCCC2CCCN(C2)C(=O)CCNC/C=C/CN(c2ccccc2)S(=O)(=O)c2cc1ccc2Cl. The first-order chi connectivity index (χ1) is 20.8. The molecule has 0 aliphatic carbocycles. The average molecular weight is 659 g/mol. The third-order valence-electron chi connectivity index (χ3n) is 6.97. The van der Waals surface area contributed by atoms with Gasteiger partial charge in [-0.05, 0) is 55.5 Å². The van der Waals surface area contributed by atoms with Gasteiger partial charge in [0.2, 0.25) is 5.91 Å². The summed E-state index contributed by atoms with van der Waals surface area (Å²) in [5.74, 6) is -2.66. The molecule has 4 rings (SSSR count). The molecule has 1 saturated heterocycles.